The zero-order valence-corrected chi connectivity index (χ0v) is 16.1. The van der Waals surface area contributed by atoms with Gasteiger partial charge in [-0.25, -0.2) is 0 Å². The molecule has 1 aliphatic rings. The third-order valence-corrected chi connectivity index (χ3v) is 5.58. The number of rotatable bonds is 6. The van der Waals surface area contributed by atoms with E-state index in [1.807, 2.05) is 59.5 Å². The Morgan fingerprint density at radius 3 is 2.74 bits per heavy atom. The summed E-state index contributed by atoms with van der Waals surface area (Å²) < 4.78 is 5.80. The van der Waals surface area contributed by atoms with Gasteiger partial charge < -0.3 is 9.32 Å². The molecule has 2 aromatic carbocycles. The van der Waals surface area contributed by atoms with Gasteiger partial charge in [0.2, 0.25) is 11.8 Å². The molecule has 1 unspecified atom stereocenters. The summed E-state index contributed by atoms with van der Waals surface area (Å²) in [7, 11) is 0. The highest BCUT2D eigenvalue weighted by molar-refractivity contribution is 7.98. The van der Waals surface area contributed by atoms with E-state index in [0.717, 1.165) is 11.1 Å². The molecule has 27 heavy (non-hydrogen) atoms. The lowest BCUT2D eigenvalue weighted by Crippen LogP contribution is -2.24. The van der Waals surface area contributed by atoms with Gasteiger partial charge in [-0.05, 0) is 23.3 Å². The van der Waals surface area contributed by atoms with Crippen molar-refractivity contribution in [3.05, 3.63) is 76.6 Å². The molecular weight excluding hydrogens is 382 g/mol. The zero-order valence-electron chi connectivity index (χ0n) is 14.5. The van der Waals surface area contributed by atoms with Gasteiger partial charge in [-0.2, -0.15) is 0 Å². The van der Waals surface area contributed by atoms with Crippen LogP contribution in [0.2, 0.25) is 5.02 Å². The van der Waals surface area contributed by atoms with Crippen LogP contribution in [-0.2, 0) is 17.1 Å². The summed E-state index contributed by atoms with van der Waals surface area (Å²) in [5.41, 5.74) is 2.21. The van der Waals surface area contributed by atoms with Crippen LogP contribution in [-0.4, -0.2) is 27.5 Å². The fraction of sp³-hybridized carbons (Fsp3) is 0.250. The van der Waals surface area contributed by atoms with Crippen LogP contribution in [0.3, 0.4) is 0 Å². The number of halogens is 1. The van der Waals surface area contributed by atoms with Crippen LogP contribution < -0.4 is 0 Å². The molecule has 0 spiro atoms. The lowest BCUT2D eigenvalue weighted by molar-refractivity contribution is -0.128. The predicted octanol–water partition coefficient (Wildman–Crippen LogP) is 4.53. The van der Waals surface area contributed by atoms with Gasteiger partial charge in [0.15, 0.2) is 0 Å². The number of aromatic nitrogens is 2. The second-order valence-corrected chi connectivity index (χ2v) is 7.85. The summed E-state index contributed by atoms with van der Waals surface area (Å²) in [6, 6.07) is 17.7. The number of thioether (sulfide) groups is 1. The molecule has 5 nitrogen and oxygen atoms in total. The molecule has 3 aromatic rings. The van der Waals surface area contributed by atoms with E-state index in [1.165, 1.54) is 11.8 Å². The molecule has 1 aromatic heterocycles. The average molecular weight is 400 g/mol. The average Bonchev–Trinajstić information content (AvgIpc) is 3.28. The molecule has 0 saturated carbocycles. The van der Waals surface area contributed by atoms with E-state index < -0.39 is 0 Å². The smallest absolute Gasteiger partial charge is 0.276 e. The quantitative estimate of drug-likeness (QED) is 0.570. The molecule has 1 amide bonds. The molecule has 4 rings (SSSR count). The van der Waals surface area contributed by atoms with Crippen molar-refractivity contribution in [2.75, 3.05) is 6.54 Å². The third-order valence-electron chi connectivity index (χ3n) is 4.45. The van der Waals surface area contributed by atoms with Crippen LogP contribution in [0.4, 0.5) is 0 Å². The summed E-state index contributed by atoms with van der Waals surface area (Å²) in [5.74, 6) is 1.31. The monoisotopic (exact) mass is 399 g/mol. The second kappa shape index (κ2) is 8.15. The maximum atomic E-state index is 12.3. The molecule has 1 aliphatic heterocycles. The first kappa shape index (κ1) is 18.1. The number of nitrogens with zero attached hydrogens (tertiary/aromatic N) is 3. The highest BCUT2D eigenvalue weighted by Gasteiger charge is 2.34. The summed E-state index contributed by atoms with van der Waals surface area (Å²) >= 11 is 7.47. The summed E-state index contributed by atoms with van der Waals surface area (Å²) in [6.45, 7) is 1.22. The first-order valence-corrected chi connectivity index (χ1v) is 10.1. The standard InChI is InChI=1S/C20H18ClN3O2S/c21-17-8-4-7-15(9-17)13-27-20-23-22-19(26-20)16-10-18(25)24(12-16)11-14-5-2-1-3-6-14/h1-9,16H,10-13H2. The van der Waals surface area contributed by atoms with Crippen LogP contribution in [0.15, 0.2) is 64.2 Å². The predicted molar refractivity (Wildman–Crippen MR) is 105 cm³/mol. The third kappa shape index (κ3) is 4.51. The fourth-order valence-corrected chi connectivity index (χ4v) is 4.04. The number of hydrogen-bond acceptors (Lipinski definition) is 5. The fourth-order valence-electron chi connectivity index (χ4n) is 3.11. The summed E-state index contributed by atoms with van der Waals surface area (Å²) in [6.07, 6.45) is 0.410. The summed E-state index contributed by atoms with van der Waals surface area (Å²) in [5, 5.41) is 9.50. The van der Waals surface area contributed by atoms with Gasteiger partial charge in [0.05, 0.1) is 5.92 Å². The van der Waals surface area contributed by atoms with Crippen molar-refractivity contribution >= 4 is 29.3 Å². The molecule has 0 radical (unpaired) electrons. The Morgan fingerprint density at radius 1 is 1.11 bits per heavy atom. The lowest BCUT2D eigenvalue weighted by atomic mass is 10.1. The van der Waals surface area contributed by atoms with E-state index in [2.05, 4.69) is 10.2 Å². The highest BCUT2D eigenvalue weighted by atomic mass is 35.5. The van der Waals surface area contributed by atoms with E-state index in [9.17, 15) is 4.79 Å². The Kier molecular flexibility index (Phi) is 5.45. The molecule has 7 heteroatoms. The molecule has 1 atom stereocenters. The van der Waals surface area contributed by atoms with Crippen molar-refractivity contribution in [3.8, 4) is 0 Å². The number of carbonyl (C=O) groups excluding carboxylic acids is 1. The topological polar surface area (TPSA) is 59.2 Å². The van der Waals surface area contributed by atoms with Gasteiger partial charge in [0.25, 0.3) is 5.22 Å². The Balaban J connectivity index is 1.36. The molecule has 0 N–H and O–H groups in total. The minimum Gasteiger partial charge on any atom is -0.416 e. The van der Waals surface area contributed by atoms with Crippen LogP contribution in [0.1, 0.15) is 29.4 Å². The lowest BCUT2D eigenvalue weighted by Gasteiger charge is -2.15. The number of likely N-dealkylation sites (tertiary alicyclic amines) is 1. The SMILES string of the molecule is O=C1CC(c2nnc(SCc3cccc(Cl)c3)o2)CN1Cc1ccccc1. The molecule has 0 bridgehead atoms. The van der Waals surface area contributed by atoms with E-state index in [-0.39, 0.29) is 11.8 Å². The summed E-state index contributed by atoms with van der Waals surface area (Å²) in [4.78, 5) is 14.2. The Labute approximate surface area is 166 Å². The van der Waals surface area contributed by atoms with E-state index in [1.54, 1.807) is 0 Å². The van der Waals surface area contributed by atoms with Crippen molar-refractivity contribution in [1.29, 1.82) is 0 Å². The number of benzene rings is 2. The molecule has 138 valence electrons. The largest absolute Gasteiger partial charge is 0.416 e. The maximum Gasteiger partial charge on any atom is 0.276 e. The second-order valence-electron chi connectivity index (χ2n) is 6.49. The van der Waals surface area contributed by atoms with E-state index in [0.29, 0.717) is 41.4 Å². The zero-order chi connectivity index (χ0) is 18.6. The maximum absolute atomic E-state index is 12.3. The molecular formula is C20H18ClN3O2S. The molecule has 1 fully saturated rings. The molecule has 2 heterocycles. The van der Waals surface area contributed by atoms with Gasteiger partial charge in [-0.1, -0.05) is 65.8 Å². The van der Waals surface area contributed by atoms with Gasteiger partial charge in [-0.3, -0.25) is 4.79 Å². The molecule has 0 aliphatic carbocycles. The van der Waals surface area contributed by atoms with E-state index >= 15 is 0 Å². The minimum absolute atomic E-state index is 0.0470. The highest BCUT2D eigenvalue weighted by Crippen LogP contribution is 2.31. The number of amides is 1. The van der Waals surface area contributed by atoms with Gasteiger partial charge in [0.1, 0.15) is 0 Å². The van der Waals surface area contributed by atoms with Crippen LogP contribution >= 0.6 is 23.4 Å². The van der Waals surface area contributed by atoms with Crippen molar-refractivity contribution in [2.45, 2.75) is 29.9 Å². The molecule has 1 saturated heterocycles. The number of carbonyl (C=O) groups is 1. The minimum atomic E-state index is -0.0470. The van der Waals surface area contributed by atoms with Crippen molar-refractivity contribution < 1.29 is 9.21 Å². The van der Waals surface area contributed by atoms with Crippen LogP contribution in [0.25, 0.3) is 0 Å². The Morgan fingerprint density at radius 2 is 1.93 bits per heavy atom. The van der Waals surface area contributed by atoms with Gasteiger partial charge >= 0.3 is 0 Å². The van der Waals surface area contributed by atoms with Crippen molar-refractivity contribution in [2.24, 2.45) is 0 Å². The van der Waals surface area contributed by atoms with Crippen LogP contribution in [0.5, 0.6) is 0 Å². The first-order chi connectivity index (χ1) is 13.2. The normalized spacial score (nSPS) is 16.9. The van der Waals surface area contributed by atoms with E-state index in [4.69, 9.17) is 16.0 Å². The Hall–Kier alpha value is -2.31. The first-order valence-electron chi connectivity index (χ1n) is 8.70. The number of hydrogen-bond donors (Lipinski definition) is 0. The Bertz CT molecular complexity index is 932. The van der Waals surface area contributed by atoms with Gasteiger partial charge in [-0.15, -0.1) is 10.2 Å². The van der Waals surface area contributed by atoms with Gasteiger partial charge in [0, 0.05) is 30.3 Å². The van der Waals surface area contributed by atoms with Crippen molar-refractivity contribution in [1.82, 2.24) is 15.1 Å². The van der Waals surface area contributed by atoms with Crippen molar-refractivity contribution in [3.63, 3.8) is 0 Å². The van der Waals surface area contributed by atoms with Crippen LogP contribution in [0, 0.1) is 0 Å².